The van der Waals surface area contributed by atoms with Crippen LogP contribution in [0.5, 0.6) is 0 Å². The summed E-state index contributed by atoms with van der Waals surface area (Å²) >= 11 is 1.43. The number of hydrogen-bond acceptors (Lipinski definition) is 4. The fraction of sp³-hybridized carbons (Fsp3) is 0.600. The van der Waals surface area contributed by atoms with Crippen LogP contribution < -0.4 is 5.32 Å². The molecule has 0 aliphatic carbocycles. The second kappa shape index (κ2) is 7.29. The third-order valence-electron chi connectivity index (χ3n) is 1.96. The van der Waals surface area contributed by atoms with Gasteiger partial charge in [-0.3, -0.25) is 4.79 Å². The molecule has 0 radical (unpaired) electrons. The van der Waals surface area contributed by atoms with Crippen molar-refractivity contribution in [3.8, 4) is 0 Å². The van der Waals surface area contributed by atoms with Crippen LogP contribution in [0.25, 0.3) is 0 Å². The van der Waals surface area contributed by atoms with Crippen molar-refractivity contribution in [1.82, 2.24) is 14.9 Å². The lowest BCUT2D eigenvalue weighted by Crippen LogP contribution is -2.26. The van der Waals surface area contributed by atoms with E-state index in [9.17, 15) is 4.79 Å². The number of methoxy groups -OCH3 is 1. The number of aryl methyl sites for hydroxylation is 1. The van der Waals surface area contributed by atoms with Crippen LogP contribution in [0.2, 0.25) is 0 Å². The first kappa shape index (κ1) is 13.1. The summed E-state index contributed by atoms with van der Waals surface area (Å²) in [6.45, 7) is 1.33. The van der Waals surface area contributed by atoms with Crippen molar-refractivity contribution in [2.75, 3.05) is 26.0 Å². The molecule has 1 aromatic heterocycles. The number of aromatic nitrogens is 2. The molecule has 0 bridgehead atoms. The van der Waals surface area contributed by atoms with Gasteiger partial charge in [-0.2, -0.15) is 0 Å². The summed E-state index contributed by atoms with van der Waals surface area (Å²) in [5, 5.41) is 3.68. The first-order valence-electron chi connectivity index (χ1n) is 5.10. The summed E-state index contributed by atoms with van der Waals surface area (Å²) in [5.74, 6) is 0.432. The van der Waals surface area contributed by atoms with E-state index in [1.165, 1.54) is 11.8 Å². The molecule has 1 N–H and O–H groups in total. The summed E-state index contributed by atoms with van der Waals surface area (Å²) in [6.07, 6.45) is 4.42. The Morgan fingerprint density at radius 3 is 3.12 bits per heavy atom. The van der Waals surface area contributed by atoms with E-state index < -0.39 is 0 Å². The molecule has 6 heteroatoms. The highest BCUT2D eigenvalue weighted by Crippen LogP contribution is 2.13. The van der Waals surface area contributed by atoms with Crippen LogP contribution in [-0.4, -0.2) is 41.5 Å². The number of hydrogen-bond donors (Lipinski definition) is 1. The number of rotatable bonds is 7. The predicted molar refractivity (Wildman–Crippen MR) is 63.4 cm³/mol. The zero-order valence-electron chi connectivity index (χ0n) is 9.60. The molecule has 0 fully saturated rings. The summed E-state index contributed by atoms with van der Waals surface area (Å²) in [7, 11) is 3.56. The quantitative estimate of drug-likeness (QED) is 0.565. The Balaban J connectivity index is 2.13. The lowest BCUT2D eigenvalue weighted by molar-refractivity contribution is -0.118. The maximum atomic E-state index is 11.4. The van der Waals surface area contributed by atoms with Gasteiger partial charge < -0.3 is 14.6 Å². The van der Waals surface area contributed by atoms with Gasteiger partial charge >= 0.3 is 0 Å². The van der Waals surface area contributed by atoms with Gasteiger partial charge in [0.1, 0.15) is 0 Å². The van der Waals surface area contributed by atoms with E-state index in [1.807, 2.05) is 17.8 Å². The molecule has 1 rings (SSSR count). The van der Waals surface area contributed by atoms with Gasteiger partial charge in [0.2, 0.25) is 5.91 Å². The zero-order valence-corrected chi connectivity index (χ0v) is 10.4. The number of carbonyl (C=O) groups is 1. The minimum Gasteiger partial charge on any atom is -0.385 e. The first-order chi connectivity index (χ1) is 7.74. The molecular formula is C10H17N3O2S. The van der Waals surface area contributed by atoms with Gasteiger partial charge in [0.15, 0.2) is 5.16 Å². The Hall–Kier alpha value is -1.01. The first-order valence-corrected chi connectivity index (χ1v) is 6.08. The topological polar surface area (TPSA) is 56.1 Å². The van der Waals surface area contributed by atoms with Gasteiger partial charge in [-0.1, -0.05) is 11.8 Å². The van der Waals surface area contributed by atoms with Crippen LogP contribution in [0.15, 0.2) is 17.6 Å². The smallest absolute Gasteiger partial charge is 0.230 e. The number of ether oxygens (including phenoxy) is 1. The molecule has 90 valence electrons. The predicted octanol–water partition coefficient (Wildman–Crippen LogP) is 0.665. The molecule has 0 atom stereocenters. The highest BCUT2D eigenvalue weighted by Gasteiger charge is 2.04. The Bertz CT molecular complexity index is 328. The second-order valence-electron chi connectivity index (χ2n) is 3.31. The summed E-state index contributed by atoms with van der Waals surface area (Å²) in [5.41, 5.74) is 0. The SMILES string of the molecule is COCCCNC(=O)CSc1nccn1C. The minimum absolute atomic E-state index is 0.0316. The molecule has 0 aromatic carbocycles. The molecule has 0 saturated heterocycles. The van der Waals surface area contributed by atoms with Gasteiger partial charge in [0.25, 0.3) is 0 Å². The number of thioether (sulfide) groups is 1. The molecular weight excluding hydrogens is 226 g/mol. The molecule has 0 spiro atoms. The van der Waals surface area contributed by atoms with Gasteiger partial charge in [-0.25, -0.2) is 4.98 Å². The maximum absolute atomic E-state index is 11.4. The largest absolute Gasteiger partial charge is 0.385 e. The van der Waals surface area contributed by atoms with Crippen LogP contribution in [0, 0.1) is 0 Å². The Labute approximate surface area is 99.6 Å². The summed E-state index contributed by atoms with van der Waals surface area (Å²) in [4.78, 5) is 15.5. The molecule has 1 aromatic rings. The number of nitrogens with zero attached hydrogens (tertiary/aromatic N) is 2. The average Bonchev–Trinajstić information content (AvgIpc) is 2.67. The van der Waals surface area contributed by atoms with Crippen molar-refractivity contribution in [2.45, 2.75) is 11.6 Å². The number of carbonyl (C=O) groups excluding carboxylic acids is 1. The fourth-order valence-electron chi connectivity index (χ4n) is 1.12. The van der Waals surface area contributed by atoms with E-state index in [0.29, 0.717) is 18.9 Å². The van der Waals surface area contributed by atoms with Crippen LogP contribution in [0.3, 0.4) is 0 Å². The van der Waals surface area contributed by atoms with Gasteiger partial charge in [0, 0.05) is 39.7 Å². The number of imidazole rings is 1. The summed E-state index contributed by atoms with van der Waals surface area (Å²) < 4.78 is 6.78. The van der Waals surface area contributed by atoms with Crippen molar-refractivity contribution in [2.24, 2.45) is 7.05 Å². The van der Waals surface area contributed by atoms with E-state index >= 15 is 0 Å². The van der Waals surface area contributed by atoms with Crippen molar-refractivity contribution >= 4 is 17.7 Å². The highest BCUT2D eigenvalue weighted by molar-refractivity contribution is 7.99. The Morgan fingerprint density at radius 2 is 2.50 bits per heavy atom. The number of nitrogens with one attached hydrogen (secondary N) is 1. The Morgan fingerprint density at radius 1 is 1.69 bits per heavy atom. The maximum Gasteiger partial charge on any atom is 0.230 e. The minimum atomic E-state index is 0.0316. The van der Waals surface area contributed by atoms with Crippen LogP contribution in [-0.2, 0) is 16.6 Å². The van der Waals surface area contributed by atoms with E-state index in [-0.39, 0.29) is 5.91 Å². The van der Waals surface area contributed by atoms with E-state index in [2.05, 4.69) is 10.3 Å². The Kier molecular flexibility index (Phi) is 5.95. The van der Waals surface area contributed by atoms with E-state index in [4.69, 9.17) is 4.74 Å². The standard InChI is InChI=1S/C10H17N3O2S/c1-13-6-5-12-10(13)16-8-9(14)11-4-3-7-15-2/h5-6H,3-4,7-8H2,1-2H3,(H,11,14). The van der Waals surface area contributed by atoms with Crippen LogP contribution >= 0.6 is 11.8 Å². The highest BCUT2D eigenvalue weighted by atomic mass is 32.2. The van der Waals surface area contributed by atoms with Crippen LogP contribution in [0.1, 0.15) is 6.42 Å². The summed E-state index contributed by atoms with van der Waals surface area (Å²) in [6, 6.07) is 0. The molecule has 0 saturated carbocycles. The lowest BCUT2D eigenvalue weighted by Gasteiger charge is -2.04. The van der Waals surface area contributed by atoms with Gasteiger partial charge in [0.05, 0.1) is 5.75 Å². The normalized spacial score (nSPS) is 10.4. The molecule has 0 unspecified atom stereocenters. The molecule has 1 heterocycles. The third kappa shape index (κ3) is 4.67. The van der Waals surface area contributed by atoms with Crippen molar-refractivity contribution in [3.63, 3.8) is 0 Å². The monoisotopic (exact) mass is 243 g/mol. The van der Waals surface area contributed by atoms with E-state index in [0.717, 1.165) is 11.6 Å². The van der Waals surface area contributed by atoms with Gasteiger partial charge in [-0.05, 0) is 6.42 Å². The molecule has 0 aliphatic heterocycles. The van der Waals surface area contributed by atoms with Gasteiger partial charge in [-0.15, -0.1) is 0 Å². The lowest BCUT2D eigenvalue weighted by atomic mass is 10.4. The zero-order chi connectivity index (χ0) is 11.8. The number of amides is 1. The van der Waals surface area contributed by atoms with Crippen LogP contribution in [0.4, 0.5) is 0 Å². The van der Waals surface area contributed by atoms with Crippen molar-refractivity contribution in [1.29, 1.82) is 0 Å². The second-order valence-corrected chi connectivity index (χ2v) is 4.25. The van der Waals surface area contributed by atoms with Crippen molar-refractivity contribution in [3.05, 3.63) is 12.4 Å². The van der Waals surface area contributed by atoms with E-state index in [1.54, 1.807) is 13.3 Å². The fourth-order valence-corrected chi connectivity index (χ4v) is 1.88. The van der Waals surface area contributed by atoms with Crippen molar-refractivity contribution < 1.29 is 9.53 Å². The molecule has 0 aliphatic rings. The molecule has 1 amide bonds. The molecule has 16 heavy (non-hydrogen) atoms. The third-order valence-corrected chi connectivity index (χ3v) is 3.01. The average molecular weight is 243 g/mol. The molecule has 5 nitrogen and oxygen atoms in total.